The summed E-state index contributed by atoms with van der Waals surface area (Å²) in [6, 6.07) is 8.16. The van der Waals surface area contributed by atoms with Gasteiger partial charge in [-0.25, -0.2) is 0 Å². The second kappa shape index (κ2) is 6.60. The number of ether oxygens (including phenoxy) is 2. The fourth-order valence-electron chi connectivity index (χ4n) is 2.84. The van der Waals surface area contributed by atoms with E-state index in [0.717, 1.165) is 31.4 Å². The van der Waals surface area contributed by atoms with Crippen molar-refractivity contribution in [2.24, 2.45) is 5.92 Å². The van der Waals surface area contributed by atoms with E-state index in [1.54, 1.807) is 7.11 Å². The van der Waals surface area contributed by atoms with Gasteiger partial charge in [0.15, 0.2) is 0 Å². The molecule has 2 rings (SSSR count). The summed E-state index contributed by atoms with van der Waals surface area (Å²) in [5.74, 6) is 1.17. The van der Waals surface area contributed by atoms with E-state index in [2.05, 4.69) is 12.1 Å². The average Bonchev–Trinajstić information content (AvgIpc) is 2.41. The lowest BCUT2D eigenvalue weighted by atomic mass is 9.82. The van der Waals surface area contributed by atoms with Gasteiger partial charge in [0.05, 0.1) is 7.11 Å². The SMILES string of the molecule is COc1ccc(C[C@@H]2CCCC[C@H]2OC(C)=O)cc1. The Bertz CT molecular complexity index is 411. The number of carbonyl (C=O) groups is 1. The molecule has 0 unspecified atom stereocenters. The van der Waals surface area contributed by atoms with Crippen LogP contribution in [0.2, 0.25) is 0 Å². The van der Waals surface area contributed by atoms with Gasteiger partial charge >= 0.3 is 5.97 Å². The second-order valence-corrected chi connectivity index (χ2v) is 5.24. The molecule has 1 aromatic rings. The van der Waals surface area contributed by atoms with E-state index in [1.807, 2.05) is 12.1 Å². The van der Waals surface area contributed by atoms with Crippen molar-refractivity contribution in [1.82, 2.24) is 0 Å². The van der Waals surface area contributed by atoms with Gasteiger partial charge in [-0.05, 0) is 49.3 Å². The molecule has 3 heteroatoms. The van der Waals surface area contributed by atoms with Gasteiger partial charge in [0.2, 0.25) is 0 Å². The molecule has 0 aromatic heterocycles. The van der Waals surface area contributed by atoms with E-state index in [0.29, 0.717) is 5.92 Å². The van der Waals surface area contributed by atoms with E-state index >= 15 is 0 Å². The van der Waals surface area contributed by atoms with Gasteiger partial charge in [-0.3, -0.25) is 4.79 Å². The molecule has 0 heterocycles. The quantitative estimate of drug-likeness (QED) is 0.780. The monoisotopic (exact) mass is 262 g/mol. The number of hydrogen-bond acceptors (Lipinski definition) is 3. The smallest absolute Gasteiger partial charge is 0.302 e. The van der Waals surface area contributed by atoms with Crippen LogP contribution in [-0.4, -0.2) is 19.2 Å². The normalized spacial score (nSPS) is 22.8. The molecule has 1 aromatic carbocycles. The van der Waals surface area contributed by atoms with Crippen molar-refractivity contribution in [3.8, 4) is 5.75 Å². The third-order valence-electron chi connectivity index (χ3n) is 3.81. The number of benzene rings is 1. The van der Waals surface area contributed by atoms with Crippen molar-refractivity contribution in [1.29, 1.82) is 0 Å². The summed E-state index contributed by atoms with van der Waals surface area (Å²) in [5, 5.41) is 0. The first kappa shape index (κ1) is 13.9. The number of esters is 1. The zero-order chi connectivity index (χ0) is 13.7. The number of carbonyl (C=O) groups excluding carboxylic acids is 1. The van der Waals surface area contributed by atoms with Gasteiger partial charge < -0.3 is 9.47 Å². The van der Waals surface area contributed by atoms with Crippen LogP contribution in [0.5, 0.6) is 5.75 Å². The molecule has 0 N–H and O–H groups in total. The number of rotatable bonds is 4. The Morgan fingerprint density at radius 2 is 1.89 bits per heavy atom. The predicted octanol–water partition coefficient (Wildman–Crippen LogP) is 3.36. The first-order valence-corrected chi connectivity index (χ1v) is 6.99. The summed E-state index contributed by atoms with van der Waals surface area (Å²) >= 11 is 0. The first-order chi connectivity index (χ1) is 9.19. The van der Waals surface area contributed by atoms with Gasteiger partial charge in [-0.1, -0.05) is 18.6 Å². The Morgan fingerprint density at radius 3 is 2.53 bits per heavy atom. The third-order valence-corrected chi connectivity index (χ3v) is 3.81. The summed E-state index contributed by atoms with van der Waals surface area (Å²) in [6.45, 7) is 1.50. The topological polar surface area (TPSA) is 35.5 Å². The molecule has 1 aliphatic carbocycles. The molecule has 3 nitrogen and oxygen atoms in total. The molecule has 2 atom stereocenters. The maximum absolute atomic E-state index is 11.2. The van der Waals surface area contributed by atoms with E-state index in [-0.39, 0.29) is 12.1 Å². The van der Waals surface area contributed by atoms with Crippen molar-refractivity contribution in [3.05, 3.63) is 29.8 Å². The third kappa shape index (κ3) is 3.98. The molecular formula is C16H22O3. The molecule has 1 fully saturated rings. The highest BCUT2D eigenvalue weighted by atomic mass is 16.5. The van der Waals surface area contributed by atoms with E-state index in [1.165, 1.54) is 18.9 Å². The van der Waals surface area contributed by atoms with Crippen LogP contribution in [0.4, 0.5) is 0 Å². The van der Waals surface area contributed by atoms with Gasteiger partial charge in [0.25, 0.3) is 0 Å². The van der Waals surface area contributed by atoms with Gasteiger partial charge in [-0.15, -0.1) is 0 Å². The lowest BCUT2D eigenvalue weighted by Gasteiger charge is -2.31. The lowest BCUT2D eigenvalue weighted by molar-refractivity contribution is -0.150. The van der Waals surface area contributed by atoms with Crippen LogP contribution >= 0.6 is 0 Å². The molecule has 0 amide bonds. The minimum absolute atomic E-state index is 0.0911. The maximum Gasteiger partial charge on any atom is 0.302 e. The molecule has 0 radical (unpaired) electrons. The van der Waals surface area contributed by atoms with Crippen LogP contribution < -0.4 is 4.74 Å². The zero-order valence-corrected chi connectivity index (χ0v) is 11.7. The maximum atomic E-state index is 11.2. The van der Waals surface area contributed by atoms with E-state index in [4.69, 9.17) is 9.47 Å². The molecule has 0 spiro atoms. The Balaban J connectivity index is 1.99. The zero-order valence-electron chi connectivity index (χ0n) is 11.7. The molecule has 1 saturated carbocycles. The van der Waals surface area contributed by atoms with Gasteiger partial charge in [-0.2, -0.15) is 0 Å². The van der Waals surface area contributed by atoms with Crippen LogP contribution in [0.3, 0.4) is 0 Å². The fourth-order valence-corrected chi connectivity index (χ4v) is 2.84. The molecule has 0 saturated heterocycles. The summed E-state index contributed by atoms with van der Waals surface area (Å²) in [4.78, 5) is 11.2. The Kier molecular flexibility index (Phi) is 4.83. The van der Waals surface area contributed by atoms with Crippen LogP contribution in [0.25, 0.3) is 0 Å². The van der Waals surface area contributed by atoms with Crippen molar-refractivity contribution in [3.63, 3.8) is 0 Å². The summed E-state index contributed by atoms with van der Waals surface area (Å²) in [5.41, 5.74) is 1.28. The van der Waals surface area contributed by atoms with Crippen molar-refractivity contribution < 1.29 is 14.3 Å². The van der Waals surface area contributed by atoms with Crippen molar-refractivity contribution in [2.45, 2.75) is 45.1 Å². The average molecular weight is 262 g/mol. The molecule has 104 valence electrons. The van der Waals surface area contributed by atoms with Crippen LogP contribution in [0, 0.1) is 5.92 Å². The number of hydrogen-bond donors (Lipinski definition) is 0. The summed E-state index contributed by atoms with van der Waals surface area (Å²) in [6.07, 6.45) is 5.61. The Labute approximate surface area is 114 Å². The van der Waals surface area contributed by atoms with E-state index in [9.17, 15) is 4.79 Å². The van der Waals surface area contributed by atoms with Crippen molar-refractivity contribution in [2.75, 3.05) is 7.11 Å². The minimum atomic E-state index is -0.161. The number of methoxy groups -OCH3 is 1. The summed E-state index contributed by atoms with van der Waals surface area (Å²) < 4.78 is 10.6. The second-order valence-electron chi connectivity index (χ2n) is 5.24. The first-order valence-electron chi connectivity index (χ1n) is 6.99. The van der Waals surface area contributed by atoms with Crippen LogP contribution in [0.15, 0.2) is 24.3 Å². The highest BCUT2D eigenvalue weighted by molar-refractivity contribution is 5.66. The molecule has 1 aliphatic rings. The van der Waals surface area contributed by atoms with Crippen LogP contribution in [0.1, 0.15) is 38.2 Å². The van der Waals surface area contributed by atoms with Gasteiger partial charge in [0.1, 0.15) is 11.9 Å². The summed E-state index contributed by atoms with van der Waals surface area (Å²) in [7, 11) is 1.67. The fraction of sp³-hybridized carbons (Fsp3) is 0.562. The molecule has 19 heavy (non-hydrogen) atoms. The van der Waals surface area contributed by atoms with E-state index < -0.39 is 0 Å². The highest BCUT2D eigenvalue weighted by Crippen LogP contribution is 2.30. The molecule has 0 aliphatic heterocycles. The largest absolute Gasteiger partial charge is 0.497 e. The van der Waals surface area contributed by atoms with Gasteiger partial charge in [0, 0.05) is 6.92 Å². The Hall–Kier alpha value is -1.51. The highest BCUT2D eigenvalue weighted by Gasteiger charge is 2.27. The Morgan fingerprint density at radius 1 is 1.21 bits per heavy atom. The minimum Gasteiger partial charge on any atom is -0.497 e. The predicted molar refractivity (Wildman–Crippen MR) is 74.2 cm³/mol. The van der Waals surface area contributed by atoms with Crippen LogP contribution in [-0.2, 0) is 16.0 Å². The molecular weight excluding hydrogens is 240 g/mol. The van der Waals surface area contributed by atoms with Crippen molar-refractivity contribution >= 4 is 5.97 Å². The lowest BCUT2D eigenvalue weighted by Crippen LogP contribution is -2.30. The standard InChI is InChI=1S/C16H22O3/c1-12(17)19-16-6-4-3-5-14(16)11-13-7-9-15(18-2)10-8-13/h7-10,14,16H,3-6,11H2,1-2H3/t14-,16+/m0/s1. The molecule has 0 bridgehead atoms.